The molecule has 1 saturated heterocycles. The number of rotatable bonds is 4. The molecule has 2 aromatic heterocycles. The van der Waals surface area contributed by atoms with E-state index in [0.29, 0.717) is 18.8 Å². The summed E-state index contributed by atoms with van der Waals surface area (Å²) in [6.45, 7) is 0.934. The number of carboxylic acids is 1. The number of hydrogen-bond acceptors (Lipinski definition) is 7. The second-order valence-corrected chi connectivity index (χ2v) is 6.82. The number of anilines is 1. The Morgan fingerprint density at radius 3 is 2.64 bits per heavy atom. The number of aliphatic hydroxyl groups excluding tert-OH is 1. The topological polar surface area (TPSA) is 146 Å². The van der Waals surface area contributed by atoms with Gasteiger partial charge in [0.2, 0.25) is 5.43 Å². The van der Waals surface area contributed by atoms with Gasteiger partial charge < -0.3 is 30.8 Å². The molecule has 1 unspecified atom stereocenters. The molecule has 4 rings (SSSR count). The summed E-state index contributed by atoms with van der Waals surface area (Å²) in [6, 6.07) is 1.13. The number of aromatic carboxylic acids is 1. The van der Waals surface area contributed by atoms with E-state index in [0.717, 1.165) is 26.0 Å². The van der Waals surface area contributed by atoms with Crippen LogP contribution >= 0.6 is 0 Å². The summed E-state index contributed by atoms with van der Waals surface area (Å²) in [5.41, 5.74) is 5.23. The molecule has 9 nitrogen and oxygen atoms in total. The molecule has 2 aromatic rings. The fraction of sp³-hybridized carbons (Fsp3) is 0.444. The summed E-state index contributed by atoms with van der Waals surface area (Å²) in [6.07, 6.45) is 3.01. The molecule has 1 aliphatic heterocycles. The number of carboxylic acid groups (broad SMARTS) is 1. The molecule has 1 atom stereocenters. The van der Waals surface area contributed by atoms with E-state index < -0.39 is 17.2 Å². The summed E-state index contributed by atoms with van der Waals surface area (Å²) in [4.78, 5) is 29.8. The van der Waals surface area contributed by atoms with Gasteiger partial charge in [-0.2, -0.15) is 0 Å². The number of nitrogens with two attached hydrogens (primary N) is 1. The predicted octanol–water partition coefficient (Wildman–Crippen LogP) is 0.592. The largest absolute Gasteiger partial charge is 0.477 e. The minimum atomic E-state index is -1.34. The molecule has 3 heterocycles. The first-order valence-electron chi connectivity index (χ1n) is 8.86. The van der Waals surface area contributed by atoms with Crippen LogP contribution in [0, 0.1) is 17.1 Å². The molecule has 1 aliphatic carbocycles. The normalized spacial score (nSPS) is 18.9. The van der Waals surface area contributed by atoms with Gasteiger partial charge in [-0.05, 0) is 18.9 Å². The monoisotopic (exact) mass is 391 g/mol. The van der Waals surface area contributed by atoms with Crippen molar-refractivity contribution in [2.45, 2.75) is 18.9 Å². The van der Waals surface area contributed by atoms with Crippen molar-refractivity contribution in [1.82, 2.24) is 9.55 Å². The third-order valence-electron chi connectivity index (χ3n) is 4.99. The Bertz CT molecular complexity index is 1000. The van der Waals surface area contributed by atoms with E-state index in [-0.39, 0.29) is 40.9 Å². The SMILES string of the molecule is CO.N=C1CN(c2nc3c(cc2F)c(=O)c(C(=O)O)cn3C2CC2)CC1CN. The number of aliphatic hydroxyl groups is 1. The van der Waals surface area contributed by atoms with Crippen molar-refractivity contribution >= 4 is 28.5 Å². The summed E-state index contributed by atoms with van der Waals surface area (Å²) in [7, 11) is 1.00. The lowest BCUT2D eigenvalue weighted by Gasteiger charge is -2.19. The second-order valence-electron chi connectivity index (χ2n) is 6.82. The molecule has 150 valence electrons. The Kier molecular flexibility index (Phi) is 5.43. The number of fused-ring (bicyclic) bond motifs is 1. The third-order valence-corrected chi connectivity index (χ3v) is 4.99. The van der Waals surface area contributed by atoms with Crippen LogP contribution in [0.1, 0.15) is 29.2 Å². The molecule has 0 bridgehead atoms. The second kappa shape index (κ2) is 7.64. The minimum Gasteiger partial charge on any atom is -0.477 e. The van der Waals surface area contributed by atoms with Gasteiger partial charge in [-0.15, -0.1) is 0 Å². The zero-order valence-electron chi connectivity index (χ0n) is 15.4. The van der Waals surface area contributed by atoms with Crippen molar-refractivity contribution in [1.29, 1.82) is 5.41 Å². The third kappa shape index (κ3) is 3.36. The number of carbonyl (C=O) groups is 1. The first kappa shape index (κ1) is 19.9. The van der Waals surface area contributed by atoms with Gasteiger partial charge in [0, 0.05) is 44.1 Å². The van der Waals surface area contributed by atoms with Crippen molar-refractivity contribution < 1.29 is 19.4 Å². The molecule has 5 N–H and O–H groups in total. The van der Waals surface area contributed by atoms with Crippen LogP contribution in [0.4, 0.5) is 10.2 Å². The maximum absolute atomic E-state index is 14.7. The zero-order valence-corrected chi connectivity index (χ0v) is 15.4. The quantitative estimate of drug-likeness (QED) is 0.597. The Morgan fingerprint density at radius 1 is 1.43 bits per heavy atom. The predicted molar refractivity (Wildman–Crippen MR) is 102 cm³/mol. The smallest absolute Gasteiger partial charge is 0.341 e. The van der Waals surface area contributed by atoms with Gasteiger partial charge in [-0.25, -0.2) is 14.2 Å². The van der Waals surface area contributed by atoms with Gasteiger partial charge in [-0.3, -0.25) is 4.79 Å². The van der Waals surface area contributed by atoms with E-state index in [4.69, 9.17) is 16.2 Å². The molecule has 0 amide bonds. The van der Waals surface area contributed by atoms with Crippen LogP contribution in [0.3, 0.4) is 0 Å². The van der Waals surface area contributed by atoms with Crippen molar-refractivity contribution in [2.24, 2.45) is 11.7 Å². The Morgan fingerprint density at radius 2 is 2.11 bits per heavy atom. The van der Waals surface area contributed by atoms with Crippen molar-refractivity contribution in [3.05, 3.63) is 33.9 Å². The van der Waals surface area contributed by atoms with Crippen molar-refractivity contribution in [3.63, 3.8) is 0 Å². The standard InChI is InChI=1S/C17H18FN5O3.CH4O/c18-12-3-10-14(24)11(17(25)26)6-23(9-1-2-9)15(10)21-16(12)22-5-8(4-19)13(20)7-22;1-2/h3,6,8-9,20H,1-2,4-5,7,19H2,(H,25,26);2H,1H3. The van der Waals surface area contributed by atoms with E-state index >= 15 is 0 Å². The lowest BCUT2D eigenvalue weighted by atomic mass is 10.1. The summed E-state index contributed by atoms with van der Waals surface area (Å²) >= 11 is 0. The van der Waals surface area contributed by atoms with Crippen LogP contribution < -0.4 is 16.1 Å². The number of aromatic nitrogens is 2. The summed E-state index contributed by atoms with van der Waals surface area (Å²) in [5, 5.41) is 24.2. The molecule has 10 heteroatoms. The Labute approximate surface area is 159 Å². The lowest BCUT2D eigenvalue weighted by Crippen LogP contribution is -2.26. The highest BCUT2D eigenvalue weighted by atomic mass is 19.1. The van der Waals surface area contributed by atoms with E-state index in [1.54, 1.807) is 9.47 Å². The maximum atomic E-state index is 14.7. The van der Waals surface area contributed by atoms with Gasteiger partial charge in [0.05, 0.1) is 11.9 Å². The van der Waals surface area contributed by atoms with E-state index in [2.05, 4.69) is 4.98 Å². The van der Waals surface area contributed by atoms with Gasteiger partial charge >= 0.3 is 5.97 Å². The first-order chi connectivity index (χ1) is 13.4. The Balaban J connectivity index is 0.00000109. The van der Waals surface area contributed by atoms with Gasteiger partial charge in [0.15, 0.2) is 11.6 Å². The van der Waals surface area contributed by atoms with Crippen LogP contribution in [-0.4, -0.2) is 58.2 Å². The summed E-state index contributed by atoms with van der Waals surface area (Å²) in [5.74, 6) is -2.12. The molecule has 0 aromatic carbocycles. The highest BCUT2D eigenvalue weighted by Gasteiger charge is 2.32. The molecular formula is C18H22FN5O4. The molecule has 2 aliphatic rings. The molecule has 1 saturated carbocycles. The average molecular weight is 391 g/mol. The highest BCUT2D eigenvalue weighted by molar-refractivity contribution is 5.93. The number of halogens is 1. The van der Waals surface area contributed by atoms with Crippen LogP contribution in [0.2, 0.25) is 0 Å². The molecule has 0 spiro atoms. The van der Waals surface area contributed by atoms with E-state index in [1.807, 2.05) is 0 Å². The molecule has 0 radical (unpaired) electrons. The first-order valence-corrected chi connectivity index (χ1v) is 8.86. The highest BCUT2D eigenvalue weighted by Crippen LogP contribution is 2.37. The molecule has 28 heavy (non-hydrogen) atoms. The van der Waals surface area contributed by atoms with Crippen LogP contribution in [-0.2, 0) is 0 Å². The van der Waals surface area contributed by atoms with E-state index in [1.165, 1.54) is 6.20 Å². The van der Waals surface area contributed by atoms with Crippen LogP contribution in [0.25, 0.3) is 11.0 Å². The van der Waals surface area contributed by atoms with Crippen LogP contribution in [0.15, 0.2) is 17.1 Å². The van der Waals surface area contributed by atoms with Crippen molar-refractivity contribution in [2.75, 3.05) is 31.6 Å². The molecular weight excluding hydrogens is 369 g/mol. The van der Waals surface area contributed by atoms with Gasteiger partial charge in [0.1, 0.15) is 11.2 Å². The van der Waals surface area contributed by atoms with Crippen molar-refractivity contribution in [3.8, 4) is 0 Å². The van der Waals surface area contributed by atoms with Crippen LogP contribution in [0.5, 0.6) is 0 Å². The average Bonchev–Trinajstić information content (AvgIpc) is 3.45. The summed E-state index contributed by atoms with van der Waals surface area (Å²) < 4.78 is 16.3. The number of hydrogen-bond donors (Lipinski definition) is 4. The van der Waals surface area contributed by atoms with Gasteiger partial charge in [0.25, 0.3) is 0 Å². The zero-order chi connectivity index (χ0) is 20.6. The fourth-order valence-electron chi connectivity index (χ4n) is 3.40. The minimum absolute atomic E-state index is 0.0392. The lowest BCUT2D eigenvalue weighted by molar-refractivity contribution is 0.0695. The number of nitrogens with zero attached hydrogens (tertiary/aromatic N) is 3. The van der Waals surface area contributed by atoms with Gasteiger partial charge in [-0.1, -0.05) is 0 Å². The molecule has 2 fully saturated rings. The maximum Gasteiger partial charge on any atom is 0.341 e. The fourth-order valence-corrected chi connectivity index (χ4v) is 3.40. The van der Waals surface area contributed by atoms with E-state index in [9.17, 15) is 19.1 Å². The number of nitrogens with one attached hydrogen (secondary N) is 1. The number of pyridine rings is 2. The Hall–Kier alpha value is -2.85.